The van der Waals surface area contributed by atoms with Crippen LogP contribution in [0.1, 0.15) is 23.2 Å². The first-order valence-electron chi connectivity index (χ1n) is 9.63. The molecule has 30 heavy (non-hydrogen) atoms. The molecular formula is C20H20FN5O3S. The van der Waals surface area contributed by atoms with Gasteiger partial charge in [0.05, 0.1) is 10.9 Å². The molecule has 10 heteroatoms. The van der Waals surface area contributed by atoms with Gasteiger partial charge in [0, 0.05) is 37.7 Å². The molecule has 0 atom stereocenters. The van der Waals surface area contributed by atoms with Gasteiger partial charge in [-0.25, -0.2) is 22.8 Å². The van der Waals surface area contributed by atoms with Crippen LogP contribution in [0.5, 0.6) is 0 Å². The summed E-state index contributed by atoms with van der Waals surface area (Å²) in [6, 6.07) is 5.51. The summed E-state index contributed by atoms with van der Waals surface area (Å²) >= 11 is 0. The standard InChI is InChI=1S/C20H20FN5O3S/c1-30(28,29)16-3-2-13(10-15(16)21)19(27)26-9-8-25(11-20(26)5-6-20)18-14-4-7-22-17(14)23-12-24-18/h2-4,7,10,12H,5-6,8-9,11H2,1H3,(H,22,23,24). The monoisotopic (exact) mass is 429 g/mol. The topological polar surface area (TPSA) is 99.3 Å². The van der Waals surface area contributed by atoms with E-state index in [0.29, 0.717) is 19.6 Å². The fraction of sp³-hybridized carbons (Fsp3) is 0.350. The van der Waals surface area contributed by atoms with E-state index in [2.05, 4.69) is 19.9 Å². The number of H-pyrrole nitrogens is 1. The minimum Gasteiger partial charge on any atom is -0.352 e. The van der Waals surface area contributed by atoms with Crippen molar-refractivity contribution in [2.24, 2.45) is 0 Å². The van der Waals surface area contributed by atoms with E-state index >= 15 is 0 Å². The summed E-state index contributed by atoms with van der Waals surface area (Å²) in [6.45, 7) is 1.71. The van der Waals surface area contributed by atoms with E-state index in [-0.39, 0.29) is 17.0 Å². The van der Waals surface area contributed by atoms with Gasteiger partial charge in [0.25, 0.3) is 5.91 Å². The maximum atomic E-state index is 14.3. The molecule has 1 N–H and O–H groups in total. The average molecular weight is 429 g/mol. The molecule has 1 aliphatic carbocycles. The Bertz CT molecular complexity index is 1270. The lowest BCUT2D eigenvalue weighted by Crippen LogP contribution is -2.57. The highest BCUT2D eigenvalue weighted by Crippen LogP contribution is 2.46. The molecule has 2 aromatic heterocycles. The second-order valence-electron chi connectivity index (χ2n) is 7.96. The van der Waals surface area contributed by atoms with Crippen molar-refractivity contribution in [1.29, 1.82) is 0 Å². The van der Waals surface area contributed by atoms with Crippen molar-refractivity contribution in [2.45, 2.75) is 23.3 Å². The molecule has 0 radical (unpaired) electrons. The van der Waals surface area contributed by atoms with E-state index in [1.807, 2.05) is 12.3 Å². The zero-order valence-electron chi connectivity index (χ0n) is 16.3. The molecule has 0 bridgehead atoms. The Morgan fingerprint density at radius 1 is 1.20 bits per heavy atom. The summed E-state index contributed by atoms with van der Waals surface area (Å²) in [6.07, 6.45) is 6.02. The predicted molar refractivity (Wildman–Crippen MR) is 109 cm³/mol. The van der Waals surface area contributed by atoms with Crippen LogP contribution in [0.15, 0.2) is 41.7 Å². The van der Waals surface area contributed by atoms with Crippen molar-refractivity contribution in [3.8, 4) is 0 Å². The Morgan fingerprint density at radius 2 is 2.00 bits per heavy atom. The third-order valence-electron chi connectivity index (χ3n) is 5.93. The number of rotatable bonds is 3. The number of benzene rings is 1. The van der Waals surface area contributed by atoms with Crippen LogP contribution in [-0.4, -0.2) is 65.6 Å². The van der Waals surface area contributed by atoms with Crippen LogP contribution in [-0.2, 0) is 9.84 Å². The van der Waals surface area contributed by atoms with Crippen LogP contribution in [0.2, 0.25) is 0 Å². The second-order valence-corrected chi connectivity index (χ2v) is 9.94. The number of hydrogen-bond acceptors (Lipinski definition) is 6. The molecule has 2 aliphatic rings. The van der Waals surface area contributed by atoms with Crippen molar-refractivity contribution >= 4 is 32.6 Å². The van der Waals surface area contributed by atoms with E-state index in [4.69, 9.17) is 0 Å². The van der Waals surface area contributed by atoms with Crippen LogP contribution in [0.25, 0.3) is 11.0 Å². The molecule has 1 saturated carbocycles. The number of nitrogens with zero attached hydrogens (tertiary/aromatic N) is 4. The lowest BCUT2D eigenvalue weighted by Gasteiger charge is -2.43. The normalized spacial score (nSPS) is 18.2. The van der Waals surface area contributed by atoms with Gasteiger partial charge in [-0.3, -0.25) is 4.79 Å². The van der Waals surface area contributed by atoms with Gasteiger partial charge in [-0.15, -0.1) is 0 Å². The van der Waals surface area contributed by atoms with Crippen LogP contribution in [0.3, 0.4) is 0 Å². The summed E-state index contributed by atoms with van der Waals surface area (Å²) in [4.78, 5) is 28.5. The Morgan fingerprint density at radius 3 is 2.70 bits per heavy atom. The highest BCUT2D eigenvalue weighted by Gasteiger charge is 2.53. The quantitative estimate of drug-likeness (QED) is 0.684. The molecule has 156 valence electrons. The smallest absolute Gasteiger partial charge is 0.254 e. The maximum Gasteiger partial charge on any atom is 0.254 e. The molecule has 2 fully saturated rings. The molecule has 1 aromatic carbocycles. The average Bonchev–Trinajstić information content (AvgIpc) is 3.28. The Kier molecular flexibility index (Phi) is 4.11. The van der Waals surface area contributed by atoms with E-state index < -0.39 is 20.5 Å². The Labute approximate surface area is 172 Å². The number of aromatic amines is 1. The van der Waals surface area contributed by atoms with Gasteiger partial charge in [0.1, 0.15) is 28.5 Å². The molecule has 1 spiro atoms. The van der Waals surface area contributed by atoms with Gasteiger partial charge in [-0.1, -0.05) is 0 Å². The summed E-state index contributed by atoms with van der Waals surface area (Å²) < 4.78 is 37.6. The first kappa shape index (κ1) is 19.0. The molecule has 3 heterocycles. The van der Waals surface area contributed by atoms with Gasteiger partial charge in [-0.2, -0.15) is 0 Å². The first-order chi connectivity index (χ1) is 14.3. The number of hydrogen-bond donors (Lipinski definition) is 1. The third-order valence-corrected chi connectivity index (χ3v) is 7.06. The lowest BCUT2D eigenvalue weighted by molar-refractivity contribution is 0.0623. The largest absolute Gasteiger partial charge is 0.352 e. The highest BCUT2D eigenvalue weighted by molar-refractivity contribution is 7.90. The van der Waals surface area contributed by atoms with Gasteiger partial charge in [0.15, 0.2) is 9.84 Å². The molecule has 5 rings (SSSR count). The number of anilines is 1. The van der Waals surface area contributed by atoms with E-state index in [0.717, 1.165) is 48.1 Å². The molecule has 3 aromatic rings. The Balaban J connectivity index is 1.41. The van der Waals surface area contributed by atoms with Gasteiger partial charge >= 0.3 is 0 Å². The second kappa shape index (κ2) is 6.49. The number of nitrogens with one attached hydrogen (secondary N) is 1. The van der Waals surface area contributed by atoms with E-state index in [9.17, 15) is 17.6 Å². The Hall–Kier alpha value is -3.01. The number of halogens is 1. The maximum absolute atomic E-state index is 14.3. The van der Waals surface area contributed by atoms with Crippen molar-refractivity contribution in [3.63, 3.8) is 0 Å². The fourth-order valence-corrected chi connectivity index (χ4v) is 4.98. The first-order valence-corrected chi connectivity index (χ1v) is 11.5. The molecule has 0 unspecified atom stereocenters. The minimum absolute atomic E-state index is 0.162. The number of amides is 1. The SMILES string of the molecule is CS(=O)(=O)c1ccc(C(=O)N2CCN(c3ncnc4[nH]ccc34)CC23CC3)cc1F. The summed E-state index contributed by atoms with van der Waals surface area (Å²) in [5.41, 5.74) is 0.619. The zero-order chi connectivity index (χ0) is 21.1. The van der Waals surface area contributed by atoms with E-state index in [1.165, 1.54) is 12.4 Å². The minimum atomic E-state index is -3.68. The molecule has 1 saturated heterocycles. The number of piperazine rings is 1. The van der Waals surface area contributed by atoms with Crippen molar-refractivity contribution in [1.82, 2.24) is 19.9 Å². The molecule has 1 aliphatic heterocycles. The van der Waals surface area contributed by atoms with Gasteiger partial charge in [-0.05, 0) is 37.1 Å². The number of fused-ring (bicyclic) bond motifs is 1. The van der Waals surface area contributed by atoms with Crippen molar-refractivity contribution in [3.05, 3.63) is 48.2 Å². The summed E-state index contributed by atoms with van der Waals surface area (Å²) in [5, 5.41) is 0.937. The predicted octanol–water partition coefficient (Wildman–Crippen LogP) is 2.00. The summed E-state index contributed by atoms with van der Waals surface area (Å²) in [5.74, 6) is -0.341. The lowest BCUT2D eigenvalue weighted by atomic mass is 10.1. The van der Waals surface area contributed by atoms with Crippen LogP contribution in [0.4, 0.5) is 10.2 Å². The number of aromatic nitrogens is 3. The molecule has 8 nitrogen and oxygen atoms in total. The van der Waals surface area contributed by atoms with E-state index in [1.54, 1.807) is 4.90 Å². The fourth-order valence-electron chi connectivity index (χ4n) is 4.25. The number of carbonyl (C=O) groups is 1. The van der Waals surface area contributed by atoms with Gasteiger partial charge < -0.3 is 14.8 Å². The van der Waals surface area contributed by atoms with Crippen molar-refractivity contribution in [2.75, 3.05) is 30.8 Å². The van der Waals surface area contributed by atoms with Gasteiger partial charge in [0.2, 0.25) is 0 Å². The summed E-state index contributed by atoms with van der Waals surface area (Å²) in [7, 11) is -3.68. The zero-order valence-corrected chi connectivity index (χ0v) is 17.1. The highest BCUT2D eigenvalue weighted by atomic mass is 32.2. The van der Waals surface area contributed by atoms with Crippen LogP contribution < -0.4 is 4.90 Å². The molecular weight excluding hydrogens is 409 g/mol. The molecule has 1 amide bonds. The number of carbonyl (C=O) groups excluding carboxylic acids is 1. The number of sulfone groups is 1. The van der Waals surface area contributed by atoms with Crippen LogP contribution >= 0.6 is 0 Å². The third kappa shape index (κ3) is 3.02. The van der Waals surface area contributed by atoms with Crippen molar-refractivity contribution < 1.29 is 17.6 Å². The van der Waals surface area contributed by atoms with Crippen LogP contribution in [0, 0.1) is 5.82 Å².